The lowest BCUT2D eigenvalue weighted by molar-refractivity contribution is -0.134. The topological polar surface area (TPSA) is 35.5 Å². The van der Waals surface area contributed by atoms with Gasteiger partial charge in [0.1, 0.15) is 5.78 Å². The lowest BCUT2D eigenvalue weighted by Gasteiger charge is -2.37. The standard InChI is InChI=1S/C16H26O3S/c17-15(5-4-14-3-1-2-8-18-14)13-6-9-19-16(11-13)7-10-20-12-16/h13-14H,1-12H2. The highest BCUT2D eigenvalue weighted by Gasteiger charge is 2.42. The van der Waals surface area contributed by atoms with E-state index < -0.39 is 0 Å². The molecule has 3 aliphatic heterocycles. The van der Waals surface area contributed by atoms with Crippen LogP contribution in [0.15, 0.2) is 0 Å². The Morgan fingerprint density at radius 1 is 1.25 bits per heavy atom. The molecule has 4 heteroatoms. The third-order valence-electron chi connectivity index (χ3n) is 5.00. The van der Waals surface area contributed by atoms with Gasteiger partial charge in [-0.05, 0) is 50.7 Å². The molecule has 3 fully saturated rings. The maximum Gasteiger partial charge on any atom is 0.136 e. The first-order chi connectivity index (χ1) is 9.77. The Morgan fingerprint density at radius 3 is 2.95 bits per heavy atom. The lowest BCUT2D eigenvalue weighted by atomic mass is 9.81. The van der Waals surface area contributed by atoms with Gasteiger partial charge >= 0.3 is 0 Å². The molecule has 3 unspecified atom stereocenters. The number of rotatable bonds is 4. The Bertz CT molecular complexity index is 333. The van der Waals surface area contributed by atoms with E-state index in [-0.39, 0.29) is 11.5 Å². The number of ether oxygens (including phenoxy) is 2. The number of carbonyl (C=O) groups is 1. The summed E-state index contributed by atoms with van der Waals surface area (Å²) in [5.74, 6) is 2.98. The quantitative estimate of drug-likeness (QED) is 0.798. The molecular weight excluding hydrogens is 272 g/mol. The minimum Gasteiger partial charge on any atom is -0.378 e. The van der Waals surface area contributed by atoms with Crippen LogP contribution < -0.4 is 0 Å². The number of Topliss-reactive ketones (excluding diaryl/α,β-unsaturated/α-hetero) is 1. The first kappa shape index (κ1) is 14.9. The molecule has 3 saturated heterocycles. The lowest BCUT2D eigenvalue weighted by Crippen LogP contribution is -2.42. The summed E-state index contributed by atoms with van der Waals surface area (Å²) in [5, 5.41) is 0. The summed E-state index contributed by atoms with van der Waals surface area (Å²) in [6, 6.07) is 0. The van der Waals surface area contributed by atoms with Gasteiger partial charge < -0.3 is 9.47 Å². The second kappa shape index (κ2) is 6.80. The molecule has 0 N–H and O–H groups in total. The predicted octanol–water partition coefficient (Wildman–Crippen LogP) is 3.21. The third kappa shape index (κ3) is 3.58. The van der Waals surface area contributed by atoms with Crippen molar-refractivity contribution in [3.8, 4) is 0 Å². The van der Waals surface area contributed by atoms with Gasteiger partial charge in [-0.1, -0.05) is 0 Å². The SMILES string of the molecule is O=C(CCC1CCCCO1)C1CCOC2(CCSC2)C1. The highest BCUT2D eigenvalue weighted by atomic mass is 32.2. The summed E-state index contributed by atoms with van der Waals surface area (Å²) in [5.41, 5.74) is 0.0323. The van der Waals surface area contributed by atoms with Crippen molar-refractivity contribution < 1.29 is 14.3 Å². The molecule has 0 aliphatic carbocycles. The first-order valence-corrected chi connectivity index (χ1v) is 9.29. The number of thioether (sulfide) groups is 1. The average Bonchev–Trinajstić information content (AvgIpc) is 2.93. The van der Waals surface area contributed by atoms with Gasteiger partial charge in [-0.15, -0.1) is 0 Å². The van der Waals surface area contributed by atoms with Crippen LogP contribution in [0.4, 0.5) is 0 Å². The molecule has 114 valence electrons. The van der Waals surface area contributed by atoms with Gasteiger partial charge in [0.15, 0.2) is 0 Å². The molecule has 3 aliphatic rings. The van der Waals surface area contributed by atoms with Crippen LogP contribution in [0.5, 0.6) is 0 Å². The minimum atomic E-state index is 0.0323. The fourth-order valence-electron chi connectivity index (χ4n) is 3.71. The van der Waals surface area contributed by atoms with Crippen molar-refractivity contribution >= 4 is 17.5 Å². The molecule has 1 spiro atoms. The molecule has 0 bridgehead atoms. The molecular formula is C16H26O3S. The first-order valence-electron chi connectivity index (χ1n) is 8.13. The van der Waals surface area contributed by atoms with Gasteiger partial charge in [-0.2, -0.15) is 11.8 Å². The second-order valence-corrected chi connectivity index (χ2v) is 7.62. The zero-order valence-corrected chi connectivity index (χ0v) is 13.1. The molecule has 0 aromatic rings. The summed E-state index contributed by atoms with van der Waals surface area (Å²) in [4.78, 5) is 12.5. The van der Waals surface area contributed by atoms with E-state index in [0.29, 0.717) is 18.3 Å². The van der Waals surface area contributed by atoms with Crippen LogP contribution >= 0.6 is 11.8 Å². The van der Waals surface area contributed by atoms with Gasteiger partial charge in [0.2, 0.25) is 0 Å². The maximum atomic E-state index is 12.5. The summed E-state index contributed by atoms with van der Waals surface area (Å²) < 4.78 is 11.7. The van der Waals surface area contributed by atoms with E-state index >= 15 is 0 Å². The van der Waals surface area contributed by atoms with Crippen LogP contribution in [0.3, 0.4) is 0 Å². The summed E-state index contributed by atoms with van der Waals surface area (Å²) in [7, 11) is 0. The van der Waals surface area contributed by atoms with Crippen LogP contribution in [-0.4, -0.2) is 42.2 Å². The summed E-state index contributed by atoms with van der Waals surface area (Å²) in [6.45, 7) is 1.66. The molecule has 0 amide bonds. The van der Waals surface area contributed by atoms with Gasteiger partial charge in [-0.3, -0.25) is 4.79 Å². The van der Waals surface area contributed by atoms with E-state index in [9.17, 15) is 4.79 Å². The summed E-state index contributed by atoms with van der Waals surface area (Å²) in [6.07, 6.45) is 8.58. The van der Waals surface area contributed by atoms with Gasteiger partial charge in [0.05, 0.1) is 11.7 Å². The van der Waals surface area contributed by atoms with E-state index in [2.05, 4.69) is 0 Å². The molecule has 0 aromatic carbocycles. The molecule has 0 aromatic heterocycles. The number of ketones is 1. The van der Waals surface area contributed by atoms with Crippen molar-refractivity contribution in [3.05, 3.63) is 0 Å². The number of carbonyl (C=O) groups excluding carboxylic acids is 1. The molecule has 0 radical (unpaired) electrons. The summed E-state index contributed by atoms with van der Waals surface area (Å²) >= 11 is 1.97. The number of hydrogen-bond acceptors (Lipinski definition) is 4. The van der Waals surface area contributed by atoms with Crippen molar-refractivity contribution in [1.82, 2.24) is 0 Å². The smallest absolute Gasteiger partial charge is 0.136 e. The van der Waals surface area contributed by atoms with Crippen LogP contribution in [0.25, 0.3) is 0 Å². The zero-order valence-electron chi connectivity index (χ0n) is 12.3. The van der Waals surface area contributed by atoms with Crippen molar-refractivity contribution in [3.63, 3.8) is 0 Å². The van der Waals surface area contributed by atoms with Gasteiger partial charge in [0.25, 0.3) is 0 Å². The van der Waals surface area contributed by atoms with E-state index in [1.54, 1.807) is 0 Å². The molecule has 0 saturated carbocycles. The van der Waals surface area contributed by atoms with Crippen molar-refractivity contribution in [2.45, 2.75) is 63.1 Å². The Kier molecular flexibility index (Phi) is 5.05. The van der Waals surface area contributed by atoms with E-state index in [0.717, 1.165) is 51.1 Å². The predicted molar refractivity (Wildman–Crippen MR) is 81.2 cm³/mol. The monoisotopic (exact) mass is 298 g/mol. The van der Waals surface area contributed by atoms with E-state index in [4.69, 9.17) is 9.47 Å². The van der Waals surface area contributed by atoms with Crippen LogP contribution in [-0.2, 0) is 14.3 Å². The van der Waals surface area contributed by atoms with Gasteiger partial charge in [0, 0.05) is 31.3 Å². The Labute approximate surface area is 126 Å². The van der Waals surface area contributed by atoms with Crippen molar-refractivity contribution in [2.24, 2.45) is 5.92 Å². The van der Waals surface area contributed by atoms with Crippen molar-refractivity contribution in [1.29, 1.82) is 0 Å². The highest BCUT2D eigenvalue weighted by molar-refractivity contribution is 7.99. The Balaban J connectivity index is 1.46. The van der Waals surface area contributed by atoms with E-state index in [1.807, 2.05) is 11.8 Å². The minimum absolute atomic E-state index is 0.0323. The van der Waals surface area contributed by atoms with Gasteiger partial charge in [-0.25, -0.2) is 0 Å². The molecule has 3 heterocycles. The largest absolute Gasteiger partial charge is 0.378 e. The normalized spacial score (nSPS) is 38.2. The highest BCUT2D eigenvalue weighted by Crippen LogP contribution is 2.41. The maximum absolute atomic E-state index is 12.5. The van der Waals surface area contributed by atoms with Crippen molar-refractivity contribution in [2.75, 3.05) is 24.7 Å². The Morgan fingerprint density at radius 2 is 2.20 bits per heavy atom. The third-order valence-corrected chi connectivity index (χ3v) is 6.23. The second-order valence-electron chi connectivity index (χ2n) is 6.52. The molecule has 3 atom stereocenters. The molecule has 20 heavy (non-hydrogen) atoms. The fraction of sp³-hybridized carbons (Fsp3) is 0.938. The van der Waals surface area contributed by atoms with Crippen LogP contribution in [0, 0.1) is 5.92 Å². The molecule has 3 nitrogen and oxygen atoms in total. The zero-order chi connectivity index (χ0) is 13.8. The average molecular weight is 298 g/mol. The van der Waals surface area contributed by atoms with E-state index in [1.165, 1.54) is 18.6 Å². The Hall–Kier alpha value is -0.0600. The number of hydrogen-bond donors (Lipinski definition) is 0. The fourth-order valence-corrected chi connectivity index (χ4v) is 5.09. The van der Waals surface area contributed by atoms with Crippen LogP contribution in [0.1, 0.15) is 51.4 Å². The molecule has 3 rings (SSSR count). The van der Waals surface area contributed by atoms with Crippen LogP contribution in [0.2, 0.25) is 0 Å².